The quantitative estimate of drug-likeness (QED) is 0.597. The molecule has 0 spiro atoms. The largest absolute Gasteiger partial charge is 0.478 e. The van der Waals surface area contributed by atoms with E-state index in [1.165, 1.54) is 53.1 Å². The van der Waals surface area contributed by atoms with E-state index in [0.29, 0.717) is 11.6 Å². The number of para-hydroxylation sites is 1. The Balaban J connectivity index is 1.47. The standard InChI is InChI=1S/C26H26N2O2/c1-16-12-21-20-4-2-3-5-22(20)27-24(21)25(28(16)26-13-18(14-26)15-26)19-9-6-17(7-10-19)8-11-23(29)30/h2-11,16,18,25,27H,12-15H2,1H3,(H,29,30)/b11-8+. The molecule has 3 aliphatic carbocycles. The van der Waals surface area contributed by atoms with Crippen molar-refractivity contribution in [3.63, 3.8) is 0 Å². The molecule has 0 radical (unpaired) electrons. The number of aliphatic carboxylic acids is 1. The molecule has 3 saturated carbocycles. The molecule has 152 valence electrons. The second kappa shape index (κ2) is 6.32. The first-order valence-corrected chi connectivity index (χ1v) is 10.9. The summed E-state index contributed by atoms with van der Waals surface area (Å²) < 4.78 is 0. The highest BCUT2D eigenvalue weighted by Crippen LogP contribution is 2.64. The Morgan fingerprint density at radius 3 is 2.53 bits per heavy atom. The zero-order valence-electron chi connectivity index (χ0n) is 17.1. The van der Waals surface area contributed by atoms with Gasteiger partial charge in [-0.15, -0.1) is 0 Å². The Morgan fingerprint density at radius 2 is 1.87 bits per heavy atom. The minimum absolute atomic E-state index is 0.218. The number of carboxylic acid groups (broad SMARTS) is 1. The molecule has 1 aliphatic heterocycles. The maximum absolute atomic E-state index is 10.8. The van der Waals surface area contributed by atoms with Crippen LogP contribution < -0.4 is 0 Å². The normalized spacial score (nSPS) is 30.1. The molecule has 4 nitrogen and oxygen atoms in total. The predicted octanol–water partition coefficient (Wildman–Crippen LogP) is 5.15. The average molecular weight is 399 g/mol. The molecule has 2 aromatic carbocycles. The number of carboxylic acids is 1. The highest BCUT2D eigenvalue weighted by atomic mass is 16.4. The lowest BCUT2D eigenvalue weighted by Gasteiger charge is -2.70. The molecule has 0 amide bonds. The summed E-state index contributed by atoms with van der Waals surface area (Å²) in [6, 6.07) is 17.8. The van der Waals surface area contributed by atoms with Gasteiger partial charge in [0.2, 0.25) is 0 Å². The van der Waals surface area contributed by atoms with E-state index >= 15 is 0 Å². The van der Waals surface area contributed by atoms with Gasteiger partial charge in [-0.2, -0.15) is 0 Å². The minimum Gasteiger partial charge on any atom is -0.478 e. The fourth-order valence-electron chi connectivity index (χ4n) is 6.24. The maximum atomic E-state index is 10.8. The van der Waals surface area contributed by atoms with Crippen molar-refractivity contribution in [1.82, 2.24) is 9.88 Å². The van der Waals surface area contributed by atoms with E-state index < -0.39 is 5.97 Å². The maximum Gasteiger partial charge on any atom is 0.328 e. The van der Waals surface area contributed by atoms with Crippen LogP contribution >= 0.6 is 0 Å². The molecule has 2 unspecified atom stereocenters. The van der Waals surface area contributed by atoms with Crippen molar-refractivity contribution in [2.45, 2.75) is 50.2 Å². The van der Waals surface area contributed by atoms with Crippen LogP contribution in [0, 0.1) is 5.92 Å². The molecule has 3 aromatic rings. The van der Waals surface area contributed by atoms with Crippen molar-refractivity contribution >= 4 is 22.9 Å². The van der Waals surface area contributed by atoms with Crippen molar-refractivity contribution in [2.75, 3.05) is 0 Å². The van der Waals surface area contributed by atoms with E-state index in [4.69, 9.17) is 5.11 Å². The van der Waals surface area contributed by atoms with Crippen molar-refractivity contribution < 1.29 is 9.90 Å². The van der Waals surface area contributed by atoms with Crippen LogP contribution in [-0.2, 0) is 11.2 Å². The minimum atomic E-state index is -0.919. The number of H-pyrrole nitrogens is 1. The molecule has 0 saturated heterocycles. The van der Waals surface area contributed by atoms with E-state index in [-0.39, 0.29) is 6.04 Å². The van der Waals surface area contributed by atoms with Crippen molar-refractivity contribution in [1.29, 1.82) is 0 Å². The number of carbonyl (C=O) groups is 1. The SMILES string of the molecule is CC1Cc2c([nH]c3ccccc23)C(c2ccc(/C=C/C(=O)O)cc2)N1C12CC(C1)C2. The molecule has 2 heterocycles. The Labute approximate surface area is 176 Å². The number of nitrogens with one attached hydrogen (secondary N) is 1. The Kier molecular flexibility index (Phi) is 3.79. The van der Waals surface area contributed by atoms with Crippen molar-refractivity contribution in [2.24, 2.45) is 5.92 Å². The Hall–Kier alpha value is -2.85. The highest BCUT2D eigenvalue weighted by molar-refractivity contribution is 5.86. The van der Waals surface area contributed by atoms with Gasteiger partial charge in [0.1, 0.15) is 0 Å². The number of benzene rings is 2. The van der Waals surface area contributed by atoms with Gasteiger partial charge in [-0.1, -0.05) is 42.5 Å². The van der Waals surface area contributed by atoms with E-state index in [1.54, 1.807) is 6.08 Å². The molecular weight excluding hydrogens is 372 g/mol. The van der Waals surface area contributed by atoms with E-state index in [2.05, 4.69) is 53.2 Å². The molecular formula is C26H26N2O2. The zero-order valence-corrected chi connectivity index (χ0v) is 17.1. The molecule has 4 heteroatoms. The van der Waals surface area contributed by atoms with Crippen LogP contribution in [0.15, 0.2) is 54.6 Å². The number of aromatic amines is 1. The fourth-order valence-corrected chi connectivity index (χ4v) is 6.24. The summed E-state index contributed by atoms with van der Waals surface area (Å²) in [5.41, 5.74) is 6.59. The van der Waals surface area contributed by atoms with Crippen molar-refractivity contribution in [3.05, 3.63) is 77.0 Å². The van der Waals surface area contributed by atoms with Gasteiger partial charge in [0.05, 0.1) is 6.04 Å². The second-order valence-electron chi connectivity index (χ2n) is 9.47. The number of hydrogen-bond donors (Lipinski definition) is 2. The van der Waals surface area contributed by atoms with Crippen molar-refractivity contribution in [3.8, 4) is 0 Å². The molecule has 2 bridgehead atoms. The summed E-state index contributed by atoms with van der Waals surface area (Å²) in [5, 5.41) is 10.3. The second-order valence-corrected chi connectivity index (χ2v) is 9.47. The van der Waals surface area contributed by atoms with Gasteiger partial charge in [0.25, 0.3) is 0 Å². The summed E-state index contributed by atoms with van der Waals surface area (Å²) in [6.45, 7) is 2.39. The lowest BCUT2D eigenvalue weighted by molar-refractivity contribution is -0.174. The predicted molar refractivity (Wildman–Crippen MR) is 118 cm³/mol. The van der Waals surface area contributed by atoms with Gasteiger partial charge in [-0.3, -0.25) is 4.90 Å². The summed E-state index contributed by atoms with van der Waals surface area (Å²) in [4.78, 5) is 17.4. The van der Waals surface area contributed by atoms with Gasteiger partial charge in [-0.05, 0) is 67.4 Å². The number of hydrogen-bond acceptors (Lipinski definition) is 2. The first-order valence-electron chi connectivity index (χ1n) is 10.9. The van der Waals surface area contributed by atoms with Gasteiger partial charge >= 0.3 is 5.97 Å². The van der Waals surface area contributed by atoms with E-state index in [0.717, 1.165) is 17.9 Å². The van der Waals surface area contributed by atoms with Crippen LogP contribution in [0.4, 0.5) is 0 Å². The number of rotatable bonds is 4. The lowest BCUT2D eigenvalue weighted by Crippen LogP contribution is -2.71. The summed E-state index contributed by atoms with van der Waals surface area (Å²) in [5.74, 6) is 0.0168. The third-order valence-electron chi connectivity index (χ3n) is 7.60. The molecule has 7 rings (SSSR count). The van der Waals surface area contributed by atoms with Gasteiger partial charge in [-0.25, -0.2) is 4.79 Å². The first-order chi connectivity index (χ1) is 14.5. The fraction of sp³-hybridized carbons (Fsp3) is 0.346. The molecule has 1 aromatic heterocycles. The van der Waals surface area contributed by atoms with Crippen LogP contribution in [0.25, 0.3) is 17.0 Å². The number of fused-ring (bicyclic) bond motifs is 3. The first kappa shape index (κ1) is 18.0. The Bertz CT molecular complexity index is 1160. The molecule has 30 heavy (non-hydrogen) atoms. The molecule has 2 atom stereocenters. The third kappa shape index (κ3) is 2.53. The molecule has 3 fully saturated rings. The average Bonchev–Trinajstić information content (AvgIpc) is 3.03. The summed E-state index contributed by atoms with van der Waals surface area (Å²) in [6.07, 6.45) is 7.95. The highest BCUT2D eigenvalue weighted by Gasteiger charge is 2.63. The van der Waals surface area contributed by atoms with Crippen LogP contribution in [-0.4, -0.2) is 32.5 Å². The smallest absolute Gasteiger partial charge is 0.328 e. The zero-order chi connectivity index (χ0) is 20.5. The van der Waals surface area contributed by atoms with Crippen LogP contribution in [0.2, 0.25) is 0 Å². The monoisotopic (exact) mass is 398 g/mol. The van der Waals surface area contributed by atoms with Gasteiger partial charge in [0.15, 0.2) is 0 Å². The topological polar surface area (TPSA) is 56.3 Å². The Morgan fingerprint density at radius 1 is 1.13 bits per heavy atom. The summed E-state index contributed by atoms with van der Waals surface area (Å²) in [7, 11) is 0. The number of aromatic nitrogens is 1. The van der Waals surface area contributed by atoms with Crippen LogP contribution in [0.5, 0.6) is 0 Å². The van der Waals surface area contributed by atoms with Gasteiger partial charge < -0.3 is 10.1 Å². The van der Waals surface area contributed by atoms with E-state index in [9.17, 15) is 4.79 Å². The molecule has 2 N–H and O–H groups in total. The lowest BCUT2D eigenvalue weighted by atomic mass is 9.48. The number of nitrogens with zero attached hydrogens (tertiary/aromatic N) is 1. The van der Waals surface area contributed by atoms with Crippen LogP contribution in [0.1, 0.15) is 54.6 Å². The van der Waals surface area contributed by atoms with Crippen LogP contribution in [0.3, 0.4) is 0 Å². The summed E-state index contributed by atoms with van der Waals surface area (Å²) >= 11 is 0. The van der Waals surface area contributed by atoms with E-state index in [1.807, 2.05) is 12.1 Å². The third-order valence-corrected chi connectivity index (χ3v) is 7.60. The van der Waals surface area contributed by atoms with Gasteiger partial charge in [0, 0.05) is 34.3 Å². The molecule has 4 aliphatic rings.